The van der Waals surface area contributed by atoms with Gasteiger partial charge in [0.05, 0.1) is 11.0 Å². The largest absolute Gasteiger partial charge is 0.449 e. The Hall–Kier alpha value is -2.91. The molecule has 3 aromatic rings. The number of rotatable bonds is 3. The Morgan fingerprint density at radius 1 is 1.33 bits per heavy atom. The molecule has 126 valence electrons. The molecular formula is C14H13F3N6O. The van der Waals surface area contributed by atoms with Crippen molar-refractivity contribution in [3.63, 3.8) is 0 Å². The number of anilines is 1. The normalized spacial score (nSPS) is 12.1. The lowest BCUT2D eigenvalue weighted by Crippen LogP contribution is -2.16. The van der Waals surface area contributed by atoms with Crippen LogP contribution in [0, 0.1) is 0 Å². The average molecular weight is 338 g/mol. The molecule has 0 atom stereocenters. The number of nitrogens with one attached hydrogen (secondary N) is 2. The van der Waals surface area contributed by atoms with Gasteiger partial charge in [0.25, 0.3) is 5.91 Å². The minimum Gasteiger partial charge on any atom is -0.318 e. The van der Waals surface area contributed by atoms with Gasteiger partial charge in [-0.1, -0.05) is 0 Å². The van der Waals surface area contributed by atoms with Gasteiger partial charge >= 0.3 is 6.18 Å². The molecule has 24 heavy (non-hydrogen) atoms. The van der Waals surface area contributed by atoms with E-state index in [2.05, 4.69) is 25.5 Å². The molecule has 0 aliphatic carbocycles. The molecule has 0 aliphatic rings. The summed E-state index contributed by atoms with van der Waals surface area (Å²) in [7, 11) is 0. The molecule has 0 fully saturated rings. The molecule has 0 spiro atoms. The highest BCUT2D eigenvalue weighted by Crippen LogP contribution is 2.33. The van der Waals surface area contributed by atoms with Gasteiger partial charge in [-0.25, -0.2) is 10.1 Å². The van der Waals surface area contributed by atoms with Gasteiger partial charge in [-0.3, -0.25) is 10.1 Å². The van der Waals surface area contributed by atoms with E-state index in [1.165, 1.54) is 24.5 Å². The number of nitrogens with zero attached hydrogens (tertiary/aromatic N) is 4. The minimum atomic E-state index is -4.58. The third-order valence-electron chi connectivity index (χ3n) is 3.37. The minimum absolute atomic E-state index is 0.0984. The topological polar surface area (TPSA) is 88.5 Å². The van der Waals surface area contributed by atoms with Gasteiger partial charge in [0.15, 0.2) is 0 Å². The van der Waals surface area contributed by atoms with Crippen LogP contribution in [0.15, 0.2) is 24.5 Å². The fourth-order valence-electron chi connectivity index (χ4n) is 2.41. The Kier molecular flexibility index (Phi) is 3.74. The summed E-state index contributed by atoms with van der Waals surface area (Å²) in [6.45, 7) is 3.28. The van der Waals surface area contributed by atoms with E-state index in [0.717, 1.165) is 4.57 Å². The Bertz CT molecular complexity index is 882. The summed E-state index contributed by atoms with van der Waals surface area (Å²) < 4.78 is 40.6. The molecule has 2 N–H and O–H groups in total. The maximum absolute atomic E-state index is 13.2. The summed E-state index contributed by atoms with van der Waals surface area (Å²) in [5.74, 6) is -1.37. The first-order chi connectivity index (χ1) is 11.3. The predicted molar refractivity (Wildman–Crippen MR) is 79.5 cm³/mol. The highest BCUT2D eigenvalue weighted by atomic mass is 19.4. The van der Waals surface area contributed by atoms with Crippen LogP contribution in [0.5, 0.6) is 0 Å². The fourth-order valence-corrected chi connectivity index (χ4v) is 2.41. The first kappa shape index (κ1) is 16.0. The van der Waals surface area contributed by atoms with Crippen molar-refractivity contribution in [2.75, 3.05) is 5.32 Å². The van der Waals surface area contributed by atoms with Gasteiger partial charge in [0.1, 0.15) is 6.33 Å². The summed E-state index contributed by atoms with van der Waals surface area (Å²) >= 11 is 0. The van der Waals surface area contributed by atoms with Crippen molar-refractivity contribution < 1.29 is 18.0 Å². The lowest BCUT2D eigenvalue weighted by Gasteiger charge is -2.14. The first-order valence-electron chi connectivity index (χ1n) is 7.03. The molecule has 0 unspecified atom stereocenters. The number of hydrogen-bond acceptors (Lipinski definition) is 4. The standard InChI is InChI=1S/C14H13F3N6O/c1-7(2)23-10-4-3-8(11(24)21-13-18-6-19-22-13)5-9(10)20-12(23)14(15,16)17/h3-7H,1-2H3,(H2,18,19,21,22,24). The molecule has 0 bridgehead atoms. The SMILES string of the molecule is CC(C)n1c(C(F)(F)F)nc2cc(C(=O)Nc3ncn[nH]3)ccc21. The van der Waals surface area contributed by atoms with Crippen molar-refractivity contribution in [1.29, 1.82) is 0 Å². The average Bonchev–Trinajstić information content (AvgIpc) is 3.12. The summed E-state index contributed by atoms with van der Waals surface area (Å²) in [6.07, 6.45) is -3.36. The van der Waals surface area contributed by atoms with Crippen molar-refractivity contribution >= 4 is 22.9 Å². The summed E-state index contributed by atoms with van der Waals surface area (Å²) in [6, 6.07) is 3.78. The van der Waals surface area contributed by atoms with Gasteiger partial charge in [-0.2, -0.15) is 23.3 Å². The summed E-state index contributed by atoms with van der Waals surface area (Å²) in [5, 5.41) is 8.50. The van der Waals surface area contributed by atoms with Gasteiger partial charge in [-0.15, -0.1) is 0 Å². The number of carbonyl (C=O) groups is 1. The van der Waals surface area contributed by atoms with Crippen molar-refractivity contribution in [1.82, 2.24) is 24.7 Å². The molecule has 1 amide bonds. The maximum atomic E-state index is 13.2. The van der Waals surface area contributed by atoms with E-state index in [1.54, 1.807) is 13.8 Å². The maximum Gasteiger partial charge on any atom is 0.449 e. The van der Waals surface area contributed by atoms with E-state index in [-0.39, 0.29) is 17.0 Å². The second kappa shape index (κ2) is 5.62. The molecule has 0 radical (unpaired) electrons. The molecule has 2 heterocycles. The van der Waals surface area contributed by atoms with E-state index < -0.39 is 23.9 Å². The highest BCUT2D eigenvalue weighted by Gasteiger charge is 2.38. The lowest BCUT2D eigenvalue weighted by atomic mass is 10.2. The molecule has 1 aromatic carbocycles. The fraction of sp³-hybridized carbons (Fsp3) is 0.286. The Balaban J connectivity index is 2.04. The third-order valence-corrected chi connectivity index (χ3v) is 3.37. The molecule has 0 saturated carbocycles. The monoisotopic (exact) mass is 338 g/mol. The number of imidazole rings is 1. The highest BCUT2D eigenvalue weighted by molar-refractivity contribution is 6.05. The molecule has 2 aromatic heterocycles. The zero-order valence-electron chi connectivity index (χ0n) is 12.7. The van der Waals surface area contributed by atoms with Gasteiger partial charge in [-0.05, 0) is 32.0 Å². The first-order valence-corrected chi connectivity index (χ1v) is 7.03. The smallest absolute Gasteiger partial charge is 0.318 e. The lowest BCUT2D eigenvalue weighted by molar-refractivity contribution is -0.147. The predicted octanol–water partition coefficient (Wildman–Crippen LogP) is 3.01. The van der Waals surface area contributed by atoms with E-state index in [4.69, 9.17) is 0 Å². The van der Waals surface area contributed by atoms with Crippen LogP contribution in [-0.2, 0) is 6.18 Å². The Labute approximate surface area is 133 Å². The number of amides is 1. The van der Waals surface area contributed by atoms with Crippen molar-refractivity contribution in [3.8, 4) is 0 Å². The molecule has 7 nitrogen and oxygen atoms in total. The third kappa shape index (κ3) is 2.82. The van der Waals surface area contributed by atoms with Crippen LogP contribution in [0.4, 0.5) is 19.1 Å². The number of alkyl halides is 3. The number of H-pyrrole nitrogens is 1. The molecule has 10 heteroatoms. The van der Waals surface area contributed by atoms with E-state index in [1.807, 2.05) is 0 Å². The van der Waals surface area contributed by atoms with Crippen LogP contribution in [-0.4, -0.2) is 30.6 Å². The second-order valence-electron chi connectivity index (χ2n) is 5.39. The van der Waals surface area contributed by atoms with Crippen molar-refractivity contribution in [2.24, 2.45) is 0 Å². The van der Waals surface area contributed by atoms with E-state index >= 15 is 0 Å². The van der Waals surface area contributed by atoms with Gasteiger partial charge < -0.3 is 4.57 Å². The number of hydrogen-bond donors (Lipinski definition) is 2. The van der Waals surface area contributed by atoms with Crippen LogP contribution in [0.2, 0.25) is 0 Å². The van der Waals surface area contributed by atoms with Crippen LogP contribution >= 0.6 is 0 Å². The van der Waals surface area contributed by atoms with Gasteiger partial charge in [0.2, 0.25) is 11.8 Å². The van der Waals surface area contributed by atoms with Crippen LogP contribution in [0.3, 0.4) is 0 Å². The van der Waals surface area contributed by atoms with Crippen molar-refractivity contribution in [3.05, 3.63) is 35.9 Å². The number of halogens is 3. The number of benzene rings is 1. The summed E-state index contributed by atoms with van der Waals surface area (Å²) in [5.41, 5.74) is 0.579. The second-order valence-corrected chi connectivity index (χ2v) is 5.39. The summed E-state index contributed by atoms with van der Waals surface area (Å²) in [4.78, 5) is 19.5. The molecule has 0 aliphatic heterocycles. The van der Waals surface area contributed by atoms with Crippen LogP contribution in [0.25, 0.3) is 11.0 Å². The van der Waals surface area contributed by atoms with E-state index in [0.29, 0.717) is 5.52 Å². The number of carbonyl (C=O) groups excluding carboxylic acids is 1. The zero-order chi connectivity index (χ0) is 17.5. The number of aromatic nitrogens is 5. The Morgan fingerprint density at radius 3 is 2.67 bits per heavy atom. The van der Waals surface area contributed by atoms with Crippen molar-refractivity contribution in [2.45, 2.75) is 26.1 Å². The van der Waals surface area contributed by atoms with Gasteiger partial charge in [0, 0.05) is 11.6 Å². The number of aromatic amines is 1. The molecule has 0 saturated heterocycles. The molecule has 3 rings (SSSR count). The Morgan fingerprint density at radius 2 is 2.08 bits per heavy atom. The van der Waals surface area contributed by atoms with Crippen LogP contribution in [0.1, 0.15) is 36.1 Å². The molecular weight excluding hydrogens is 325 g/mol. The quantitative estimate of drug-likeness (QED) is 0.768. The zero-order valence-corrected chi connectivity index (χ0v) is 12.7. The van der Waals surface area contributed by atoms with Crippen LogP contribution < -0.4 is 5.32 Å². The number of fused-ring (bicyclic) bond motifs is 1. The van der Waals surface area contributed by atoms with E-state index in [9.17, 15) is 18.0 Å².